The molecule has 1 N–H and O–H groups in total. The number of nitrogens with zero attached hydrogens (tertiary/aromatic N) is 6. The lowest BCUT2D eigenvalue weighted by molar-refractivity contribution is -0.113. The van der Waals surface area contributed by atoms with E-state index in [9.17, 15) is 4.79 Å². The molecule has 8 nitrogen and oxygen atoms in total. The summed E-state index contributed by atoms with van der Waals surface area (Å²) < 4.78 is 1.51. The maximum absolute atomic E-state index is 11.7. The summed E-state index contributed by atoms with van der Waals surface area (Å²) in [6, 6.07) is 0. The molecule has 0 saturated carbocycles. The molecule has 0 bridgehead atoms. The minimum Gasteiger partial charge on any atom is -0.300 e. The number of aryl methyl sites for hydroxylation is 1. The van der Waals surface area contributed by atoms with E-state index in [1.807, 2.05) is 13.8 Å². The lowest BCUT2D eigenvalue weighted by Gasteiger charge is -2.00. The first kappa shape index (κ1) is 13.9. The number of tetrazole rings is 1. The zero-order valence-electron chi connectivity index (χ0n) is 10.7. The Morgan fingerprint density at radius 1 is 1.42 bits per heavy atom. The minimum absolute atomic E-state index is 0.153. The lowest BCUT2D eigenvalue weighted by atomic mass is 10.2. The van der Waals surface area contributed by atoms with Gasteiger partial charge in [0.2, 0.25) is 16.2 Å². The maximum atomic E-state index is 11.7. The molecule has 2 aromatic rings. The van der Waals surface area contributed by atoms with Crippen molar-refractivity contribution >= 4 is 34.1 Å². The number of hydrogen-bond acceptors (Lipinski definition) is 8. The Balaban J connectivity index is 1.85. The van der Waals surface area contributed by atoms with Gasteiger partial charge in [-0.3, -0.25) is 10.1 Å². The number of carbonyl (C=O) groups excluding carboxylic acids is 1. The van der Waals surface area contributed by atoms with E-state index < -0.39 is 0 Å². The molecular weight excluding hydrogens is 286 g/mol. The second kappa shape index (κ2) is 6.06. The number of carbonyl (C=O) groups is 1. The second-order valence-electron chi connectivity index (χ2n) is 4.02. The van der Waals surface area contributed by atoms with Gasteiger partial charge < -0.3 is 0 Å². The van der Waals surface area contributed by atoms with E-state index in [1.54, 1.807) is 7.05 Å². The summed E-state index contributed by atoms with van der Waals surface area (Å²) in [5, 5.41) is 23.6. The average Bonchev–Trinajstić information content (AvgIpc) is 2.96. The van der Waals surface area contributed by atoms with Gasteiger partial charge in [-0.2, -0.15) is 0 Å². The van der Waals surface area contributed by atoms with Crippen LogP contribution >= 0.6 is 23.1 Å². The lowest BCUT2D eigenvalue weighted by Crippen LogP contribution is -2.14. The third-order valence-electron chi connectivity index (χ3n) is 2.09. The predicted molar refractivity (Wildman–Crippen MR) is 72.1 cm³/mol. The topological polar surface area (TPSA) is 98.5 Å². The first-order valence-electron chi connectivity index (χ1n) is 5.54. The maximum Gasteiger partial charge on any atom is 0.236 e. The van der Waals surface area contributed by atoms with Crippen LogP contribution in [-0.2, 0) is 11.8 Å². The molecule has 1 amide bonds. The van der Waals surface area contributed by atoms with Gasteiger partial charge in [0.05, 0.1) is 5.75 Å². The van der Waals surface area contributed by atoms with Crippen LogP contribution in [0.25, 0.3) is 0 Å². The molecule has 2 aromatic heterocycles. The summed E-state index contributed by atoms with van der Waals surface area (Å²) in [5.74, 6) is 0.381. The summed E-state index contributed by atoms with van der Waals surface area (Å²) in [4.78, 5) is 11.7. The largest absolute Gasteiger partial charge is 0.300 e. The van der Waals surface area contributed by atoms with Gasteiger partial charge in [0.25, 0.3) is 0 Å². The summed E-state index contributed by atoms with van der Waals surface area (Å²) in [7, 11) is 1.72. The number of thioether (sulfide) groups is 1. The number of amides is 1. The van der Waals surface area contributed by atoms with Crippen LogP contribution in [0.1, 0.15) is 24.8 Å². The molecule has 0 aliphatic carbocycles. The minimum atomic E-state index is -0.153. The Labute approximate surface area is 118 Å². The van der Waals surface area contributed by atoms with Gasteiger partial charge in [0.15, 0.2) is 0 Å². The van der Waals surface area contributed by atoms with Gasteiger partial charge in [-0.1, -0.05) is 36.9 Å². The molecule has 0 spiro atoms. The van der Waals surface area contributed by atoms with Gasteiger partial charge in [0, 0.05) is 13.0 Å². The van der Waals surface area contributed by atoms with Crippen molar-refractivity contribution < 1.29 is 4.79 Å². The molecule has 102 valence electrons. The predicted octanol–water partition coefficient (Wildman–Crippen LogP) is 0.916. The quantitative estimate of drug-likeness (QED) is 0.819. The molecule has 0 saturated heterocycles. The fourth-order valence-corrected chi connectivity index (χ4v) is 2.56. The number of hydrogen-bond donors (Lipinski definition) is 1. The molecule has 19 heavy (non-hydrogen) atoms. The number of aromatic nitrogens is 6. The van der Waals surface area contributed by atoms with E-state index in [4.69, 9.17) is 0 Å². The second-order valence-corrected chi connectivity index (χ2v) is 5.97. The molecule has 0 aliphatic rings. The molecule has 0 aromatic carbocycles. The van der Waals surface area contributed by atoms with E-state index in [0.717, 1.165) is 5.01 Å². The van der Waals surface area contributed by atoms with Gasteiger partial charge in [-0.05, 0) is 10.4 Å². The number of nitrogens with one attached hydrogen (secondary N) is 1. The Hall–Kier alpha value is -1.55. The standard InChI is InChI=1S/C9H13N7OS2/c1-5(2)7-11-12-8(19-7)10-6(17)4-18-9-13-14-15-16(9)3/h5H,4H2,1-3H3,(H,10,12,17). The molecule has 0 fully saturated rings. The fraction of sp³-hybridized carbons (Fsp3) is 0.556. The highest BCUT2D eigenvalue weighted by molar-refractivity contribution is 7.99. The van der Waals surface area contributed by atoms with Crippen LogP contribution in [0.2, 0.25) is 0 Å². The van der Waals surface area contributed by atoms with E-state index in [2.05, 4.69) is 31.0 Å². The zero-order chi connectivity index (χ0) is 13.8. The van der Waals surface area contributed by atoms with Crippen LogP contribution in [0.4, 0.5) is 5.13 Å². The molecule has 0 unspecified atom stereocenters. The van der Waals surface area contributed by atoms with E-state index >= 15 is 0 Å². The third-order valence-corrected chi connectivity index (χ3v) is 4.24. The Bertz CT molecular complexity index is 564. The first-order valence-corrected chi connectivity index (χ1v) is 7.35. The number of rotatable bonds is 5. The van der Waals surface area contributed by atoms with Crippen molar-refractivity contribution in [3.63, 3.8) is 0 Å². The van der Waals surface area contributed by atoms with Gasteiger partial charge >= 0.3 is 0 Å². The fourth-order valence-electron chi connectivity index (χ4n) is 1.15. The van der Waals surface area contributed by atoms with Gasteiger partial charge in [-0.25, -0.2) is 4.68 Å². The van der Waals surface area contributed by atoms with E-state index in [0.29, 0.717) is 16.2 Å². The highest BCUT2D eigenvalue weighted by Gasteiger charge is 2.12. The van der Waals surface area contributed by atoms with Crippen LogP contribution in [-0.4, -0.2) is 42.1 Å². The van der Waals surface area contributed by atoms with E-state index in [1.165, 1.54) is 27.8 Å². The van der Waals surface area contributed by atoms with Crippen molar-refractivity contribution in [3.8, 4) is 0 Å². The molecule has 0 radical (unpaired) electrons. The molecule has 2 rings (SSSR count). The van der Waals surface area contributed by atoms with Crippen LogP contribution in [0.5, 0.6) is 0 Å². The SMILES string of the molecule is CC(C)c1nnc(NC(=O)CSc2nnnn2C)s1. The normalized spacial score (nSPS) is 10.9. The van der Waals surface area contributed by atoms with Crippen LogP contribution < -0.4 is 5.32 Å². The summed E-state index contributed by atoms with van der Waals surface area (Å²) in [5.41, 5.74) is 0. The number of anilines is 1. The average molecular weight is 299 g/mol. The van der Waals surface area contributed by atoms with Crippen molar-refractivity contribution in [2.24, 2.45) is 7.05 Å². The van der Waals surface area contributed by atoms with Crippen LogP contribution in [0.15, 0.2) is 5.16 Å². The summed E-state index contributed by atoms with van der Waals surface area (Å²) in [6.45, 7) is 4.06. The Morgan fingerprint density at radius 2 is 2.21 bits per heavy atom. The highest BCUT2D eigenvalue weighted by atomic mass is 32.2. The molecule has 10 heteroatoms. The Morgan fingerprint density at radius 3 is 2.79 bits per heavy atom. The van der Waals surface area contributed by atoms with Crippen molar-refractivity contribution in [1.82, 2.24) is 30.4 Å². The van der Waals surface area contributed by atoms with Crippen LogP contribution in [0, 0.1) is 0 Å². The van der Waals surface area contributed by atoms with Crippen molar-refractivity contribution in [2.75, 3.05) is 11.1 Å². The first-order chi connectivity index (χ1) is 9.06. The molecule has 0 aliphatic heterocycles. The smallest absolute Gasteiger partial charge is 0.236 e. The van der Waals surface area contributed by atoms with Gasteiger partial charge in [0.1, 0.15) is 5.01 Å². The monoisotopic (exact) mass is 299 g/mol. The van der Waals surface area contributed by atoms with Crippen LogP contribution in [0.3, 0.4) is 0 Å². The summed E-state index contributed by atoms with van der Waals surface area (Å²) >= 11 is 2.65. The Kier molecular flexibility index (Phi) is 4.43. The van der Waals surface area contributed by atoms with Crippen molar-refractivity contribution in [2.45, 2.75) is 24.9 Å². The molecule has 0 atom stereocenters. The van der Waals surface area contributed by atoms with Crippen molar-refractivity contribution in [3.05, 3.63) is 5.01 Å². The van der Waals surface area contributed by atoms with Crippen molar-refractivity contribution in [1.29, 1.82) is 0 Å². The summed E-state index contributed by atoms with van der Waals surface area (Å²) in [6.07, 6.45) is 0. The van der Waals surface area contributed by atoms with E-state index in [-0.39, 0.29) is 11.7 Å². The highest BCUT2D eigenvalue weighted by Crippen LogP contribution is 2.22. The third kappa shape index (κ3) is 3.70. The molecule has 2 heterocycles. The molecular formula is C9H13N7OS2. The zero-order valence-corrected chi connectivity index (χ0v) is 12.3. The van der Waals surface area contributed by atoms with Gasteiger partial charge in [-0.15, -0.1) is 15.3 Å².